The molecule has 17 heavy (non-hydrogen) atoms. The lowest BCUT2D eigenvalue weighted by atomic mass is 10.2. The van der Waals surface area contributed by atoms with Crippen LogP contribution in [-0.4, -0.2) is 49.2 Å². The zero-order valence-electron chi connectivity index (χ0n) is 10.3. The van der Waals surface area contributed by atoms with Crippen LogP contribution in [0.3, 0.4) is 0 Å². The highest BCUT2D eigenvalue weighted by Crippen LogP contribution is 2.05. The fourth-order valence-corrected chi connectivity index (χ4v) is 1.39. The Morgan fingerprint density at radius 2 is 1.71 bits per heavy atom. The van der Waals surface area contributed by atoms with Crippen LogP contribution < -0.4 is 10.2 Å². The number of carbonyl (C=O) groups excluding carboxylic acids is 2. The van der Waals surface area contributed by atoms with Crippen molar-refractivity contribution in [3.63, 3.8) is 0 Å². The number of morpholine rings is 1. The van der Waals surface area contributed by atoms with E-state index >= 15 is 0 Å². The molecule has 1 rings (SSSR count). The Bertz CT molecular complexity index is 238. The number of carbonyl (C=O) groups is 2. The molecule has 1 aliphatic heterocycles. The molecule has 0 aromatic heterocycles. The van der Waals surface area contributed by atoms with Crippen molar-refractivity contribution in [2.75, 3.05) is 26.3 Å². The van der Waals surface area contributed by atoms with Crippen molar-refractivity contribution in [3.05, 3.63) is 0 Å². The predicted octanol–water partition coefficient (Wildman–Crippen LogP) is -2.01. The molecule has 1 aliphatic rings. The Labute approximate surface area is 101 Å². The van der Waals surface area contributed by atoms with Gasteiger partial charge in [0.05, 0.1) is 13.2 Å². The Hall–Kier alpha value is -1.14. The number of ether oxygens (including phenoxy) is 1. The van der Waals surface area contributed by atoms with Crippen LogP contribution in [0, 0.1) is 0 Å². The fourth-order valence-electron chi connectivity index (χ4n) is 1.39. The van der Waals surface area contributed by atoms with E-state index in [4.69, 9.17) is 4.74 Å². The van der Waals surface area contributed by atoms with Gasteiger partial charge in [-0.1, -0.05) is 6.92 Å². The second-order valence-corrected chi connectivity index (χ2v) is 3.80. The van der Waals surface area contributed by atoms with E-state index in [1.807, 2.05) is 6.92 Å². The van der Waals surface area contributed by atoms with Gasteiger partial charge in [0.25, 0.3) is 0 Å². The van der Waals surface area contributed by atoms with Gasteiger partial charge in [-0.15, -0.1) is 0 Å². The molecule has 0 aliphatic carbocycles. The largest absolute Gasteiger partial charge is 0.550 e. The van der Waals surface area contributed by atoms with Crippen LogP contribution in [0.1, 0.15) is 26.7 Å². The van der Waals surface area contributed by atoms with Crippen molar-refractivity contribution in [3.8, 4) is 0 Å². The summed E-state index contributed by atoms with van der Waals surface area (Å²) in [6.45, 7) is 6.51. The third kappa shape index (κ3) is 8.65. The maximum atomic E-state index is 10.3. The number of aliphatic carboxylic acids is 2. The number of hydrogen-bond donors (Lipinski definition) is 0. The molecule has 6 heteroatoms. The summed E-state index contributed by atoms with van der Waals surface area (Å²) in [5.41, 5.74) is 0. The molecule has 1 heterocycles. The Morgan fingerprint density at radius 1 is 1.24 bits per heavy atom. The van der Waals surface area contributed by atoms with Gasteiger partial charge < -0.3 is 24.5 Å². The Kier molecular flexibility index (Phi) is 8.35. The molecular weight excluding hydrogens is 226 g/mol. The lowest BCUT2D eigenvalue weighted by molar-refractivity contribution is -0.307. The van der Waals surface area contributed by atoms with E-state index in [1.165, 1.54) is 6.92 Å². The molecule has 0 spiro atoms. The molecule has 1 fully saturated rings. The van der Waals surface area contributed by atoms with Crippen LogP contribution >= 0.6 is 0 Å². The summed E-state index contributed by atoms with van der Waals surface area (Å²) in [6.07, 6.45) is 0.222. The van der Waals surface area contributed by atoms with Crippen LogP contribution in [-0.2, 0) is 14.3 Å². The predicted molar refractivity (Wildman–Crippen MR) is 56.8 cm³/mol. The third-order valence-corrected chi connectivity index (χ3v) is 2.42. The summed E-state index contributed by atoms with van der Waals surface area (Å²) >= 11 is 0. The second kappa shape index (κ2) is 8.95. The summed E-state index contributed by atoms with van der Waals surface area (Å²) in [5, 5.41) is 19.5. The molecule has 0 amide bonds. The molecule has 0 radical (unpaired) electrons. The van der Waals surface area contributed by atoms with Crippen molar-refractivity contribution >= 4 is 11.9 Å². The first kappa shape index (κ1) is 15.9. The van der Waals surface area contributed by atoms with E-state index < -0.39 is 11.9 Å². The van der Waals surface area contributed by atoms with Gasteiger partial charge in [0.1, 0.15) is 0 Å². The summed E-state index contributed by atoms with van der Waals surface area (Å²) in [5.74, 6) is -1.97. The molecule has 6 nitrogen and oxygen atoms in total. The highest BCUT2D eigenvalue weighted by atomic mass is 16.5. The minimum Gasteiger partial charge on any atom is -0.550 e. The standard InChI is InChI=1S/C8H15NO3.C3H6O2/c1-7(6-8(10)11)9-2-4-12-5-3-9;1-2-3(4)5/h7H,2-6H2,1H3,(H,10,11);2H2,1H3,(H,4,5)/p-2. The van der Waals surface area contributed by atoms with E-state index in [2.05, 4.69) is 4.90 Å². The quantitative estimate of drug-likeness (QED) is 0.568. The highest BCUT2D eigenvalue weighted by molar-refractivity contribution is 5.65. The molecular formula is C11H19NO5-2. The summed E-state index contributed by atoms with van der Waals surface area (Å²) in [4.78, 5) is 21.7. The SMILES string of the molecule is CC(CC(=O)[O-])N1CCOCC1.CCC(=O)[O-]. The zero-order chi connectivity index (χ0) is 13.3. The molecule has 0 bridgehead atoms. The number of nitrogens with zero attached hydrogens (tertiary/aromatic N) is 1. The fraction of sp³-hybridized carbons (Fsp3) is 0.818. The van der Waals surface area contributed by atoms with Crippen molar-refractivity contribution in [1.29, 1.82) is 0 Å². The second-order valence-electron chi connectivity index (χ2n) is 3.80. The molecule has 0 N–H and O–H groups in total. The van der Waals surface area contributed by atoms with E-state index in [0.29, 0.717) is 13.2 Å². The van der Waals surface area contributed by atoms with E-state index in [1.54, 1.807) is 0 Å². The lowest BCUT2D eigenvalue weighted by Gasteiger charge is -2.32. The van der Waals surface area contributed by atoms with Gasteiger partial charge in [-0.2, -0.15) is 0 Å². The average Bonchev–Trinajstić information content (AvgIpc) is 2.30. The molecule has 1 saturated heterocycles. The highest BCUT2D eigenvalue weighted by Gasteiger charge is 2.16. The zero-order valence-corrected chi connectivity index (χ0v) is 10.3. The number of hydrogen-bond acceptors (Lipinski definition) is 6. The van der Waals surface area contributed by atoms with Crippen LogP contribution in [0.4, 0.5) is 0 Å². The lowest BCUT2D eigenvalue weighted by Crippen LogP contribution is -2.44. The van der Waals surface area contributed by atoms with Gasteiger partial charge in [-0.05, 0) is 13.3 Å². The minimum atomic E-state index is -0.995. The first-order valence-corrected chi connectivity index (χ1v) is 5.68. The summed E-state index contributed by atoms with van der Waals surface area (Å²) in [7, 11) is 0. The first-order valence-electron chi connectivity index (χ1n) is 5.68. The van der Waals surface area contributed by atoms with Crippen LogP contribution in [0.5, 0.6) is 0 Å². The number of rotatable bonds is 4. The Morgan fingerprint density at radius 3 is 2.06 bits per heavy atom. The van der Waals surface area contributed by atoms with E-state index in [-0.39, 0.29) is 18.9 Å². The van der Waals surface area contributed by atoms with Gasteiger partial charge >= 0.3 is 0 Å². The smallest absolute Gasteiger partial charge is 0.0594 e. The molecule has 0 aromatic carbocycles. The van der Waals surface area contributed by atoms with Crippen molar-refractivity contribution in [2.24, 2.45) is 0 Å². The molecule has 0 aromatic rings. The maximum Gasteiger partial charge on any atom is 0.0594 e. The van der Waals surface area contributed by atoms with Gasteiger partial charge in [0.2, 0.25) is 0 Å². The van der Waals surface area contributed by atoms with Crippen LogP contribution in [0.2, 0.25) is 0 Å². The molecule has 1 unspecified atom stereocenters. The number of carboxylic acid groups (broad SMARTS) is 2. The van der Waals surface area contributed by atoms with Crippen LogP contribution in [0.15, 0.2) is 0 Å². The first-order chi connectivity index (χ1) is 7.97. The average molecular weight is 245 g/mol. The van der Waals surface area contributed by atoms with Crippen molar-refractivity contribution in [1.82, 2.24) is 4.90 Å². The summed E-state index contributed by atoms with van der Waals surface area (Å²) < 4.78 is 5.15. The van der Waals surface area contributed by atoms with E-state index in [9.17, 15) is 19.8 Å². The Balaban J connectivity index is 0.000000437. The minimum absolute atomic E-state index is 0.0684. The van der Waals surface area contributed by atoms with E-state index in [0.717, 1.165) is 13.1 Å². The van der Waals surface area contributed by atoms with Crippen LogP contribution in [0.25, 0.3) is 0 Å². The van der Waals surface area contributed by atoms with Gasteiger partial charge in [0, 0.05) is 37.5 Å². The monoisotopic (exact) mass is 245 g/mol. The molecule has 100 valence electrons. The molecule has 0 saturated carbocycles. The van der Waals surface area contributed by atoms with Crippen molar-refractivity contribution in [2.45, 2.75) is 32.7 Å². The third-order valence-electron chi connectivity index (χ3n) is 2.42. The topological polar surface area (TPSA) is 92.7 Å². The number of carboxylic acids is 2. The van der Waals surface area contributed by atoms with Crippen molar-refractivity contribution < 1.29 is 24.5 Å². The maximum absolute atomic E-state index is 10.3. The molecule has 1 atom stereocenters. The van der Waals surface area contributed by atoms with Gasteiger partial charge in [-0.3, -0.25) is 4.90 Å². The van der Waals surface area contributed by atoms with Gasteiger partial charge in [-0.25, -0.2) is 0 Å². The normalized spacial score (nSPS) is 17.8. The summed E-state index contributed by atoms with van der Waals surface area (Å²) in [6, 6.07) is 0.0684. The van der Waals surface area contributed by atoms with Gasteiger partial charge in [0.15, 0.2) is 0 Å².